The van der Waals surface area contributed by atoms with Crippen molar-refractivity contribution in [1.82, 2.24) is 5.32 Å². The predicted octanol–water partition coefficient (Wildman–Crippen LogP) is 2.08. The van der Waals surface area contributed by atoms with Crippen molar-refractivity contribution in [1.29, 1.82) is 0 Å². The Kier molecular flexibility index (Phi) is 4.45. The van der Waals surface area contributed by atoms with E-state index >= 15 is 0 Å². The van der Waals surface area contributed by atoms with E-state index in [0.717, 1.165) is 0 Å². The molecular weight excluding hydrogens is 214 g/mol. The number of hydrogen-bond donors (Lipinski definition) is 2. The summed E-state index contributed by atoms with van der Waals surface area (Å²) in [7, 11) is 0. The quantitative estimate of drug-likeness (QED) is 0.748. The Hall–Kier alpha value is -0.120. The van der Waals surface area contributed by atoms with E-state index in [1.807, 2.05) is 0 Å². The molecule has 2 N–H and O–H groups in total. The first-order chi connectivity index (χ1) is 8.09. The van der Waals surface area contributed by atoms with E-state index in [1.165, 1.54) is 38.5 Å². The Morgan fingerprint density at radius 2 is 1.88 bits per heavy atom. The second kappa shape index (κ2) is 5.68. The maximum atomic E-state index is 9.27. The van der Waals surface area contributed by atoms with Gasteiger partial charge in [-0.3, -0.25) is 0 Å². The molecule has 2 aliphatic rings. The van der Waals surface area contributed by atoms with Gasteiger partial charge in [0.2, 0.25) is 0 Å². The minimum absolute atomic E-state index is 0.137. The largest absolute Gasteiger partial charge is 0.395 e. The van der Waals surface area contributed by atoms with Crippen LogP contribution in [-0.2, 0) is 4.74 Å². The number of aliphatic hydroxyl groups excluding tert-OH is 1. The van der Waals surface area contributed by atoms with Gasteiger partial charge in [-0.25, -0.2) is 0 Å². The molecule has 2 saturated carbocycles. The third kappa shape index (κ3) is 4.57. The molecule has 0 spiro atoms. The second-order valence-corrected chi connectivity index (χ2v) is 6.52. The van der Waals surface area contributed by atoms with Crippen molar-refractivity contribution in [3.8, 4) is 0 Å². The molecule has 2 fully saturated rings. The number of rotatable bonds is 6. The minimum Gasteiger partial charge on any atom is -0.395 e. The fourth-order valence-electron chi connectivity index (χ4n) is 2.53. The molecule has 2 rings (SSSR count). The van der Waals surface area contributed by atoms with E-state index in [4.69, 9.17) is 4.74 Å². The van der Waals surface area contributed by atoms with Crippen molar-refractivity contribution >= 4 is 0 Å². The van der Waals surface area contributed by atoms with Gasteiger partial charge in [0.25, 0.3) is 0 Å². The summed E-state index contributed by atoms with van der Waals surface area (Å²) in [6.07, 6.45) is 7.80. The van der Waals surface area contributed by atoms with E-state index in [2.05, 4.69) is 19.2 Å². The maximum Gasteiger partial charge on any atom is 0.0645 e. The van der Waals surface area contributed by atoms with Gasteiger partial charge >= 0.3 is 0 Å². The van der Waals surface area contributed by atoms with E-state index in [-0.39, 0.29) is 12.6 Å². The lowest BCUT2D eigenvalue weighted by Crippen LogP contribution is -2.40. The summed E-state index contributed by atoms with van der Waals surface area (Å²) < 4.78 is 5.94. The molecule has 0 bridgehead atoms. The highest BCUT2D eigenvalue weighted by atomic mass is 16.5. The van der Waals surface area contributed by atoms with Crippen molar-refractivity contribution in [3.05, 3.63) is 0 Å². The van der Waals surface area contributed by atoms with Crippen molar-refractivity contribution < 1.29 is 9.84 Å². The Labute approximate surface area is 105 Å². The van der Waals surface area contributed by atoms with E-state index in [9.17, 15) is 5.11 Å². The monoisotopic (exact) mass is 241 g/mol. The molecule has 0 saturated heterocycles. The number of aliphatic hydroxyl groups is 1. The molecule has 3 nitrogen and oxygen atoms in total. The highest BCUT2D eigenvalue weighted by molar-refractivity contribution is 4.85. The Bertz CT molecular complexity index is 228. The molecule has 0 aliphatic heterocycles. The molecule has 1 atom stereocenters. The van der Waals surface area contributed by atoms with E-state index in [0.29, 0.717) is 24.2 Å². The summed E-state index contributed by atoms with van der Waals surface area (Å²) in [4.78, 5) is 0. The standard InChI is InChI=1S/C14H27NO2/c1-14(2)7-5-13(6-8-14)17-10-12(9-16)15-11-3-4-11/h11-13,15-16H,3-10H2,1-2H3. The molecule has 0 aromatic carbocycles. The first kappa shape index (κ1) is 13.3. The molecule has 3 heteroatoms. The first-order valence-electron chi connectivity index (χ1n) is 7.07. The van der Waals surface area contributed by atoms with Gasteiger partial charge in [0, 0.05) is 6.04 Å². The predicted molar refractivity (Wildman–Crippen MR) is 69.0 cm³/mol. The van der Waals surface area contributed by atoms with Gasteiger partial charge in [0.1, 0.15) is 0 Å². The molecular formula is C14H27NO2. The van der Waals surface area contributed by atoms with Crippen LogP contribution in [0.1, 0.15) is 52.4 Å². The third-order valence-corrected chi connectivity index (χ3v) is 4.09. The van der Waals surface area contributed by atoms with Crippen LogP contribution in [0.25, 0.3) is 0 Å². The van der Waals surface area contributed by atoms with Crippen LogP contribution in [0.15, 0.2) is 0 Å². The Balaban J connectivity index is 1.63. The lowest BCUT2D eigenvalue weighted by Gasteiger charge is -2.34. The average molecular weight is 241 g/mol. The fraction of sp³-hybridized carbons (Fsp3) is 1.00. The van der Waals surface area contributed by atoms with Gasteiger partial charge in [-0.15, -0.1) is 0 Å². The summed E-state index contributed by atoms with van der Waals surface area (Å²) in [5.74, 6) is 0. The number of nitrogens with one attached hydrogen (secondary N) is 1. The third-order valence-electron chi connectivity index (χ3n) is 4.09. The molecule has 0 heterocycles. The SMILES string of the molecule is CC1(C)CCC(OCC(CO)NC2CC2)CC1. The lowest BCUT2D eigenvalue weighted by molar-refractivity contribution is -0.0121. The maximum absolute atomic E-state index is 9.27. The van der Waals surface area contributed by atoms with Crippen LogP contribution in [0.3, 0.4) is 0 Å². The van der Waals surface area contributed by atoms with Gasteiger partial charge in [-0.1, -0.05) is 13.8 Å². The van der Waals surface area contributed by atoms with Crippen LogP contribution >= 0.6 is 0 Å². The molecule has 0 aromatic heterocycles. The van der Waals surface area contributed by atoms with Crippen LogP contribution in [0, 0.1) is 5.41 Å². The summed E-state index contributed by atoms with van der Waals surface area (Å²) in [5, 5.41) is 12.7. The highest BCUT2D eigenvalue weighted by Crippen LogP contribution is 2.36. The molecule has 17 heavy (non-hydrogen) atoms. The van der Waals surface area contributed by atoms with E-state index in [1.54, 1.807) is 0 Å². The Morgan fingerprint density at radius 1 is 1.24 bits per heavy atom. The molecule has 100 valence electrons. The number of ether oxygens (including phenoxy) is 1. The van der Waals surface area contributed by atoms with Gasteiger partial charge in [-0.05, 0) is 43.9 Å². The minimum atomic E-state index is 0.137. The molecule has 0 radical (unpaired) electrons. The highest BCUT2D eigenvalue weighted by Gasteiger charge is 2.28. The summed E-state index contributed by atoms with van der Waals surface area (Å²) in [6.45, 7) is 5.54. The first-order valence-corrected chi connectivity index (χ1v) is 7.07. The second-order valence-electron chi connectivity index (χ2n) is 6.52. The smallest absolute Gasteiger partial charge is 0.0645 e. The van der Waals surface area contributed by atoms with Crippen LogP contribution in [0.4, 0.5) is 0 Å². The average Bonchev–Trinajstić information content (AvgIpc) is 3.09. The lowest BCUT2D eigenvalue weighted by atomic mass is 9.76. The van der Waals surface area contributed by atoms with Crippen molar-refractivity contribution in [3.63, 3.8) is 0 Å². The van der Waals surface area contributed by atoms with Crippen molar-refractivity contribution in [2.75, 3.05) is 13.2 Å². The number of hydrogen-bond acceptors (Lipinski definition) is 3. The zero-order valence-electron chi connectivity index (χ0n) is 11.2. The molecule has 0 amide bonds. The van der Waals surface area contributed by atoms with Crippen LogP contribution in [-0.4, -0.2) is 36.5 Å². The van der Waals surface area contributed by atoms with Crippen molar-refractivity contribution in [2.45, 2.75) is 70.6 Å². The van der Waals surface area contributed by atoms with Crippen LogP contribution in [0.2, 0.25) is 0 Å². The van der Waals surface area contributed by atoms with Gasteiger partial charge in [-0.2, -0.15) is 0 Å². The van der Waals surface area contributed by atoms with Crippen LogP contribution in [0.5, 0.6) is 0 Å². The fourth-order valence-corrected chi connectivity index (χ4v) is 2.53. The zero-order chi connectivity index (χ0) is 12.3. The van der Waals surface area contributed by atoms with Gasteiger partial charge in [0.15, 0.2) is 0 Å². The topological polar surface area (TPSA) is 41.5 Å². The zero-order valence-corrected chi connectivity index (χ0v) is 11.2. The van der Waals surface area contributed by atoms with Gasteiger partial charge < -0.3 is 15.2 Å². The summed E-state index contributed by atoms with van der Waals surface area (Å²) >= 11 is 0. The summed E-state index contributed by atoms with van der Waals surface area (Å²) in [6, 6.07) is 0.776. The van der Waals surface area contributed by atoms with Gasteiger partial charge in [0.05, 0.1) is 25.4 Å². The van der Waals surface area contributed by atoms with E-state index < -0.39 is 0 Å². The summed E-state index contributed by atoms with van der Waals surface area (Å²) in [5.41, 5.74) is 0.502. The normalized spacial score (nSPS) is 27.0. The Morgan fingerprint density at radius 3 is 2.41 bits per heavy atom. The molecule has 1 unspecified atom stereocenters. The molecule has 2 aliphatic carbocycles. The van der Waals surface area contributed by atoms with Crippen LogP contribution < -0.4 is 5.32 Å². The van der Waals surface area contributed by atoms with Crippen molar-refractivity contribution in [2.24, 2.45) is 5.41 Å². The molecule has 0 aromatic rings.